The molecule has 5 heterocycles. The highest BCUT2D eigenvalue weighted by Crippen LogP contribution is 2.45. The molecule has 3 aliphatic rings. The summed E-state index contributed by atoms with van der Waals surface area (Å²) in [5.41, 5.74) is 18.3. The quantitative estimate of drug-likeness (QED) is 0.108. The van der Waals surface area contributed by atoms with E-state index in [9.17, 15) is 0 Å². The Labute approximate surface area is 695 Å². The zero-order chi connectivity index (χ0) is 83.5. The maximum atomic E-state index is 6.79. The lowest BCUT2D eigenvalue weighted by Crippen LogP contribution is -2.41. The summed E-state index contributed by atoms with van der Waals surface area (Å²) < 4.78 is 37.1. The van der Waals surface area contributed by atoms with Crippen molar-refractivity contribution in [2.24, 2.45) is 0 Å². The van der Waals surface area contributed by atoms with Gasteiger partial charge in [-0.15, -0.1) is 0 Å². The molecule has 16 heteroatoms. The third-order valence-corrected chi connectivity index (χ3v) is 23.7. The van der Waals surface area contributed by atoms with Crippen molar-refractivity contribution >= 4 is 38.2 Å². The Kier molecular flexibility index (Phi) is 23.3. The fourth-order valence-corrected chi connectivity index (χ4v) is 14.1. The first-order chi connectivity index (χ1) is 54.3. The summed E-state index contributed by atoms with van der Waals surface area (Å²) in [7, 11) is -1.52. The van der Waals surface area contributed by atoms with Crippen molar-refractivity contribution in [1.29, 1.82) is 0 Å². The number of hydrogen-bond acceptors (Lipinski definition) is 12. The number of rotatable bonds is 12. The predicted octanol–water partition coefficient (Wildman–Crippen LogP) is 24.8. The fourth-order valence-electron chi connectivity index (χ4n) is 13.9. The first kappa shape index (κ1) is 84.4. The number of benzene rings is 10. The molecule has 0 N–H and O–H groups in total. The lowest BCUT2D eigenvalue weighted by Gasteiger charge is -2.32. The summed E-state index contributed by atoms with van der Waals surface area (Å²) in [5.74, 6) is 3.64. The van der Waals surface area contributed by atoms with Gasteiger partial charge in [0.15, 0.2) is 34.9 Å². The van der Waals surface area contributed by atoms with Gasteiger partial charge >= 0.3 is 21.1 Å². The molecule has 0 unspecified atom stereocenters. The van der Waals surface area contributed by atoms with Gasteiger partial charge in [-0.05, 0) is 213 Å². The van der Waals surface area contributed by atoms with Crippen LogP contribution in [0.25, 0.3) is 113 Å². The van der Waals surface area contributed by atoms with Crippen LogP contribution >= 0.6 is 11.6 Å². The van der Waals surface area contributed by atoms with E-state index in [-0.39, 0.29) is 44.1 Å². The van der Waals surface area contributed by atoms with E-state index >= 15 is 0 Å². The molecule has 12 aromatic rings. The van der Waals surface area contributed by atoms with E-state index in [4.69, 9.17) is 69.4 Å². The third kappa shape index (κ3) is 18.9. The van der Waals surface area contributed by atoms with Crippen molar-refractivity contribution in [3.8, 4) is 113 Å². The van der Waals surface area contributed by atoms with Gasteiger partial charge in [0.25, 0.3) is 0 Å². The molecular weight excluding hydrogens is 1450 g/mol. The molecule has 3 aliphatic heterocycles. The molecule has 0 aliphatic carbocycles. The van der Waals surface area contributed by atoms with Crippen molar-refractivity contribution in [3.05, 3.63) is 270 Å². The third-order valence-electron chi connectivity index (χ3n) is 23.4. The van der Waals surface area contributed by atoms with Crippen LogP contribution < -0.4 is 5.46 Å². The Morgan fingerprint density at radius 1 is 0.224 bits per heavy atom. The Morgan fingerprint density at radius 2 is 0.431 bits per heavy atom. The van der Waals surface area contributed by atoms with Crippen LogP contribution in [0.5, 0.6) is 0 Å². The lowest BCUT2D eigenvalue weighted by molar-refractivity contribution is 0.00578. The van der Waals surface area contributed by atoms with Crippen molar-refractivity contribution in [2.75, 3.05) is 0 Å². The summed E-state index contributed by atoms with van der Waals surface area (Å²) in [6.45, 7) is 51.9. The van der Waals surface area contributed by atoms with E-state index in [1.54, 1.807) is 0 Å². The van der Waals surface area contributed by atoms with Crippen LogP contribution in [0.2, 0.25) is 5.02 Å². The smallest absolute Gasteiger partial charge is 0.405 e. The molecule has 0 spiro atoms. The molecule has 2 aromatic heterocycles. The summed E-state index contributed by atoms with van der Waals surface area (Å²) in [6.07, 6.45) is 0. The Morgan fingerprint density at radius 3 is 0.707 bits per heavy atom. The maximum Gasteiger partial charge on any atom is 0.494 e. The van der Waals surface area contributed by atoms with Crippen LogP contribution in [0.3, 0.4) is 0 Å². The topological polar surface area (TPSA) is 133 Å². The Bertz CT molecular complexity index is 5280. The van der Waals surface area contributed by atoms with Crippen molar-refractivity contribution < 1.29 is 27.9 Å². The first-order valence-corrected chi connectivity index (χ1v) is 41.0. The van der Waals surface area contributed by atoms with Gasteiger partial charge in [-0.1, -0.05) is 301 Å². The van der Waals surface area contributed by atoms with Gasteiger partial charge in [0.05, 0.1) is 33.6 Å². The lowest BCUT2D eigenvalue weighted by atomic mass is 9.49. The number of halogens is 1. The number of hydrogen-bond donors (Lipinski definition) is 0. The van der Waals surface area contributed by atoms with Crippen LogP contribution in [-0.4, -0.2) is 84.6 Å². The molecule has 0 saturated carbocycles. The molecule has 0 bridgehead atoms. The SMILES string of the molecule is CC(C)(C)c1cc(-c2cccc(-c3cc(B4OC(C)(C)C(C)(C)O4)cc(-c4nc(-c5ccccc5)nc(-c5ccccc5)n4)c3)c2)cc(C(C)(C)C)c1.CC(C)(C)c1cc(-c2cccc(-c3cc(Cl)cc(-c4nc(-c5ccccc5)nc(-c5ccccc5)n4)c3)c2)cc(C(C)(C)C)c1.CC1(C)OB(B2OC(C)(C)C(C)(C)O2)OC1(C)C. The molecule has 594 valence electrons. The van der Waals surface area contributed by atoms with Crippen molar-refractivity contribution in [3.63, 3.8) is 0 Å². The van der Waals surface area contributed by atoms with Gasteiger partial charge in [0.1, 0.15) is 0 Å². The first-order valence-electron chi connectivity index (χ1n) is 40.6. The van der Waals surface area contributed by atoms with Crippen molar-refractivity contribution in [2.45, 2.75) is 221 Å². The normalized spacial score (nSPS) is 16.6. The molecule has 10 aromatic carbocycles. The van der Waals surface area contributed by atoms with Gasteiger partial charge in [0, 0.05) is 38.4 Å². The molecule has 3 fully saturated rings. The van der Waals surface area contributed by atoms with Crippen LogP contribution in [-0.2, 0) is 49.6 Å². The standard InChI is InChI=1S/C47H50BN3O2.C41H38ClN3.C12H24B2O4/c1-44(2,3)38-26-36(27-39(30-38)45(4,5)6)34-23-17-22-33(24-34)35-25-37(29-40(28-35)48-52-46(7,8)47(9,10)53-48)43-50-41(31-18-13-11-14-19-31)49-42(51-43)32-20-15-12-16-21-32;1-40(2,3)34-22-32(23-35(26-34)41(4,5)6)30-19-13-18-29(20-30)31-21-33(25-36(42)24-31)39-44-37(27-14-9-7-10-15-27)43-38(45-39)28-16-11-8-12-17-28;1-9(2)10(3,4)16-13(15-9)14-17-11(5,6)12(7,8)18-14/h11-30H,1-10H3;7-26H,1-6H3;1-8H3. The summed E-state index contributed by atoms with van der Waals surface area (Å²) in [4.78, 5) is 29.8. The average molecular weight is 1560 g/mol. The van der Waals surface area contributed by atoms with Gasteiger partial charge in [-0.25, -0.2) is 29.9 Å². The van der Waals surface area contributed by atoms with E-state index in [0.29, 0.717) is 40.0 Å². The monoisotopic (exact) mass is 1560 g/mol. The molecule has 0 amide bonds. The van der Waals surface area contributed by atoms with Crippen molar-refractivity contribution in [1.82, 2.24) is 29.9 Å². The Balaban J connectivity index is 0.000000168. The minimum Gasteiger partial charge on any atom is -0.405 e. The number of aromatic nitrogens is 6. The van der Waals surface area contributed by atoms with Crippen LogP contribution in [0, 0.1) is 0 Å². The minimum absolute atomic E-state index is 0.0153. The minimum atomic E-state index is -0.566. The van der Waals surface area contributed by atoms with E-state index < -0.39 is 32.3 Å². The van der Waals surface area contributed by atoms with E-state index in [1.165, 1.54) is 44.5 Å². The van der Waals surface area contributed by atoms with Gasteiger partial charge in [0.2, 0.25) is 0 Å². The van der Waals surface area contributed by atoms with E-state index in [1.807, 2.05) is 189 Å². The average Bonchev–Trinajstić information content (AvgIpc) is 1.54. The fraction of sp³-hybridized carbons (Fsp3) is 0.340. The summed E-state index contributed by atoms with van der Waals surface area (Å²) in [5, 5.41) is 0.626. The van der Waals surface area contributed by atoms with Gasteiger partial charge in [-0.2, -0.15) is 0 Å². The Hall–Kier alpha value is -9.54. The highest BCUT2D eigenvalue weighted by molar-refractivity contribution is 7.11. The van der Waals surface area contributed by atoms with Crippen LogP contribution in [0.15, 0.2) is 243 Å². The van der Waals surface area contributed by atoms with E-state index in [0.717, 1.165) is 61.1 Å². The second-order valence-electron chi connectivity index (χ2n) is 38.2. The molecule has 15 rings (SSSR count). The zero-order valence-electron chi connectivity index (χ0n) is 72.3. The van der Waals surface area contributed by atoms with Crippen LogP contribution in [0.4, 0.5) is 0 Å². The number of nitrogens with zero attached hydrogens (tertiary/aromatic N) is 6. The van der Waals surface area contributed by atoms with Gasteiger partial charge < -0.3 is 27.9 Å². The predicted molar refractivity (Wildman–Crippen MR) is 482 cm³/mol. The highest BCUT2D eigenvalue weighted by Gasteiger charge is 2.64. The zero-order valence-corrected chi connectivity index (χ0v) is 73.1. The molecule has 12 nitrogen and oxygen atoms in total. The molecule has 0 radical (unpaired) electrons. The van der Waals surface area contributed by atoms with Crippen LogP contribution in [0.1, 0.15) is 188 Å². The second kappa shape index (κ2) is 32.1. The molecular formula is C100H112B3ClN6O6. The molecule has 0 atom stereocenters. The second-order valence-corrected chi connectivity index (χ2v) is 38.7. The summed E-state index contributed by atoms with van der Waals surface area (Å²) >= 11 is 6.79. The molecule has 116 heavy (non-hydrogen) atoms. The largest absolute Gasteiger partial charge is 0.494 e. The molecule has 3 saturated heterocycles. The highest BCUT2D eigenvalue weighted by atomic mass is 35.5. The van der Waals surface area contributed by atoms with Gasteiger partial charge in [-0.3, -0.25) is 0 Å². The maximum absolute atomic E-state index is 6.79. The summed E-state index contributed by atoms with van der Waals surface area (Å²) in [6, 6.07) is 84.3. The van der Waals surface area contributed by atoms with E-state index in [2.05, 4.69) is 220 Å².